The summed E-state index contributed by atoms with van der Waals surface area (Å²) in [6, 6.07) is 9.86. The second-order valence-electron chi connectivity index (χ2n) is 3.65. The Morgan fingerprint density at radius 1 is 1.53 bits per heavy atom. The average molecular weight is 204 g/mol. The van der Waals surface area contributed by atoms with E-state index in [1.165, 1.54) is 0 Å². The van der Waals surface area contributed by atoms with Gasteiger partial charge >= 0.3 is 0 Å². The topological polar surface area (TPSA) is 47.3 Å². The summed E-state index contributed by atoms with van der Waals surface area (Å²) in [4.78, 5) is 1.84. The van der Waals surface area contributed by atoms with Crippen LogP contribution in [0.3, 0.4) is 0 Å². The van der Waals surface area contributed by atoms with Crippen LogP contribution in [0, 0.1) is 18.3 Å². The number of aliphatic hydroxyl groups excluding tert-OH is 1. The maximum absolute atomic E-state index is 9.09. The van der Waals surface area contributed by atoms with Crippen molar-refractivity contribution in [2.24, 2.45) is 0 Å². The average Bonchev–Trinajstić information content (AvgIpc) is 2.19. The van der Waals surface area contributed by atoms with Gasteiger partial charge in [-0.1, -0.05) is 29.8 Å². The minimum atomic E-state index is -0.281. The molecular weight excluding hydrogens is 188 g/mol. The van der Waals surface area contributed by atoms with Gasteiger partial charge in [0.2, 0.25) is 0 Å². The van der Waals surface area contributed by atoms with Gasteiger partial charge in [0.05, 0.1) is 12.7 Å². The summed E-state index contributed by atoms with van der Waals surface area (Å²) in [5, 5.41) is 17.9. The van der Waals surface area contributed by atoms with Crippen molar-refractivity contribution in [2.75, 3.05) is 20.2 Å². The van der Waals surface area contributed by atoms with Gasteiger partial charge in [-0.15, -0.1) is 0 Å². The second-order valence-corrected chi connectivity index (χ2v) is 3.65. The number of aliphatic hydroxyl groups is 1. The molecule has 1 atom stereocenters. The first-order chi connectivity index (χ1) is 7.19. The van der Waals surface area contributed by atoms with Crippen LogP contribution in [0.4, 0.5) is 0 Å². The van der Waals surface area contributed by atoms with Crippen LogP contribution in [0.15, 0.2) is 24.3 Å². The summed E-state index contributed by atoms with van der Waals surface area (Å²) in [6.45, 7) is 2.58. The smallest absolute Gasteiger partial charge is 0.123 e. The molecule has 0 aliphatic carbocycles. The standard InChI is InChI=1S/C12H16N2O/c1-10-4-3-5-11(8-10)12(9-13)14(2)6-7-15/h3-5,8,12,15H,6-7H2,1-2H3. The van der Waals surface area contributed by atoms with E-state index in [-0.39, 0.29) is 12.6 Å². The Kier molecular flexibility index (Phi) is 4.29. The third-order valence-electron chi connectivity index (χ3n) is 2.37. The number of hydrogen-bond acceptors (Lipinski definition) is 3. The Bertz CT molecular complexity index is 357. The van der Waals surface area contributed by atoms with Crippen molar-refractivity contribution in [1.82, 2.24) is 4.90 Å². The third kappa shape index (κ3) is 3.05. The number of likely N-dealkylation sites (N-methyl/N-ethyl adjacent to an activating group) is 1. The lowest BCUT2D eigenvalue weighted by atomic mass is 10.0. The Balaban J connectivity index is 2.88. The number of aryl methyl sites for hydroxylation is 1. The fourth-order valence-electron chi connectivity index (χ4n) is 1.55. The minimum Gasteiger partial charge on any atom is -0.395 e. The quantitative estimate of drug-likeness (QED) is 0.808. The molecule has 0 saturated carbocycles. The third-order valence-corrected chi connectivity index (χ3v) is 2.37. The lowest BCUT2D eigenvalue weighted by Crippen LogP contribution is -2.26. The molecule has 1 aromatic carbocycles. The molecule has 3 heteroatoms. The van der Waals surface area contributed by atoms with Gasteiger partial charge in [0.15, 0.2) is 0 Å². The second kappa shape index (κ2) is 5.50. The van der Waals surface area contributed by atoms with Crippen LogP contribution in [0.25, 0.3) is 0 Å². The van der Waals surface area contributed by atoms with Crippen LogP contribution >= 0.6 is 0 Å². The fourth-order valence-corrected chi connectivity index (χ4v) is 1.55. The van der Waals surface area contributed by atoms with Crippen molar-refractivity contribution in [3.8, 4) is 6.07 Å². The van der Waals surface area contributed by atoms with Gasteiger partial charge in [0.1, 0.15) is 6.04 Å². The molecule has 1 rings (SSSR count). The molecule has 3 nitrogen and oxygen atoms in total. The summed E-state index contributed by atoms with van der Waals surface area (Å²) in [6.07, 6.45) is 0. The lowest BCUT2D eigenvalue weighted by Gasteiger charge is -2.21. The highest BCUT2D eigenvalue weighted by Crippen LogP contribution is 2.18. The van der Waals surface area contributed by atoms with E-state index in [2.05, 4.69) is 6.07 Å². The van der Waals surface area contributed by atoms with Gasteiger partial charge in [0, 0.05) is 6.54 Å². The highest BCUT2D eigenvalue weighted by atomic mass is 16.3. The number of rotatable bonds is 4. The number of nitrogens with zero attached hydrogens (tertiary/aromatic N) is 2. The molecule has 0 aromatic heterocycles. The van der Waals surface area contributed by atoms with Crippen LogP contribution in [-0.4, -0.2) is 30.2 Å². The Morgan fingerprint density at radius 3 is 2.80 bits per heavy atom. The zero-order valence-corrected chi connectivity index (χ0v) is 9.14. The zero-order valence-electron chi connectivity index (χ0n) is 9.14. The number of nitriles is 1. The van der Waals surface area contributed by atoms with Crippen LogP contribution in [0.2, 0.25) is 0 Å². The van der Waals surface area contributed by atoms with Gasteiger partial charge in [-0.2, -0.15) is 5.26 Å². The normalized spacial score (nSPS) is 12.5. The van der Waals surface area contributed by atoms with E-state index >= 15 is 0 Å². The SMILES string of the molecule is Cc1cccc(C(C#N)N(C)CCO)c1. The molecule has 0 saturated heterocycles. The number of benzene rings is 1. The van der Waals surface area contributed by atoms with Crippen molar-refractivity contribution in [2.45, 2.75) is 13.0 Å². The van der Waals surface area contributed by atoms with Gasteiger partial charge in [-0.3, -0.25) is 4.90 Å². The summed E-state index contributed by atoms with van der Waals surface area (Å²) < 4.78 is 0. The monoisotopic (exact) mass is 204 g/mol. The molecule has 1 aromatic rings. The Hall–Kier alpha value is -1.37. The van der Waals surface area contributed by atoms with Crippen molar-refractivity contribution >= 4 is 0 Å². The first-order valence-electron chi connectivity index (χ1n) is 4.96. The molecule has 0 radical (unpaired) electrons. The molecule has 0 fully saturated rings. The van der Waals surface area contributed by atoms with E-state index in [9.17, 15) is 0 Å². The zero-order chi connectivity index (χ0) is 11.3. The van der Waals surface area contributed by atoms with E-state index in [0.29, 0.717) is 6.54 Å². The molecule has 15 heavy (non-hydrogen) atoms. The molecule has 0 bridgehead atoms. The highest BCUT2D eigenvalue weighted by molar-refractivity contribution is 5.28. The van der Waals surface area contributed by atoms with Crippen LogP contribution in [0.5, 0.6) is 0 Å². The van der Waals surface area contributed by atoms with Gasteiger partial charge < -0.3 is 5.11 Å². The van der Waals surface area contributed by atoms with Crippen LogP contribution in [-0.2, 0) is 0 Å². The van der Waals surface area contributed by atoms with Crippen LogP contribution < -0.4 is 0 Å². The predicted molar refractivity (Wildman–Crippen MR) is 59.2 cm³/mol. The summed E-state index contributed by atoms with van der Waals surface area (Å²) >= 11 is 0. The summed E-state index contributed by atoms with van der Waals surface area (Å²) in [5.41, 5.74) is 2.12. The van der Waals surface area contributed by atoms with Crippen molar-refractivity contribution < 1.29 is 5.11 Å². The highest BCUT2D eigenvalue weighted by Gasteiger charge is 2.15. The van der Waals surface area contributed by atoms with Gasteiger partial charge in [0.25, 0.3) is 0 Å². The molecule has 0 amide bonds. The van der Waals surface area contributed by atoms with Crippen molar-refractivity contribution in [3.05, 3.63) is 35.4 Å². The molecule has 1 N–H and O–H groups in total. The molecule has 0 aliphatic heterocycles. The van der Waals surface area contributed by atoms with E-state index in [0.717, 1.165) is 11.1 Å². The van der Waals surface area contributed by atoms with Crippen molar-refractivity contribution in [3.63, 3.8) is 0 Å². The maximum Gasteiger partial charge on any atom is 0.123 e. The molecule has 1 unspecified atom stereocenters. The molecule has 80 valence electrons. The van der Waals surface area contributed by atoms with E-state index in [4.69, 9.17) is 10.4 Å². The first kappa shape index (κ1) is 11.7. The van der Waals surface area contributed by atoms with E-state index in [1.807, 2.05) is 43.1 Å². The largest absolute Gasteiger partial charge is 0.395 e. The van der Waals surface area contributed by atoms with E-state index in [1.54, 1.807) is 0 Å². The Labute approximate surface area is 90.6 Å². The van der Waals surface area contributed by atoms with Gasteiger partial charge in [-0.05, 0) is 19.5 Å². The summed E-state index contributed by atoms with van der Waals surface area (Å²) in [5.74, 6) is 0. The van der Waals surface area contributed by atoms with E-state index < -0.39 is 0 Å². The summed E-state index contributed by atoms with van der Waals surface area (Å²) in [7, 11) is 1.84. The Morgan fingerprint density at radius 2 is 2.27 bits per heavy atom. The molecule has 0 spiro atoms. The minimum absolute atomic E-state index is 0.0699. The number of hydrogen-bond donors (Lipinski definition) is 1. The molecular formula is C12H16N2O. The molecule has 0 aliphatic rings. The fraction of sp³-hybridized carbons (Fsp3) is 0.417. The van der Waals surface area contributed by atoms with Crippen LogP contribution in [0.1, 0.15) is 17.2 Å². The predicted octanol–water partition coefficient (Wildman–Crippen LogP) is 1.48. The van der Waals surface area contributed by atoms with Gasteiger partial charge in [-0.25, -0.2) is 0 Å². The van der Waals surface area contributed by atoms with Crippen molar-refractivity contribution in [1.29, 1.82) is 5.26 Å². The maximum atomic E-state index is 9.09. The lowest BCUT2D eigenvalue weighted by molar-refractivity contribution is 0.203. The first-order valence-corrected chi connectivity index (χ1v) is 4.96. The molecule has 0 heterocycles.